The maximum atomic E-state index is 11.7. The highest BCUT2D eigenvalue weighted by Crippen LogP contribution is 2.34. The van der Waals surface area contributed by atoms with E-state index in [0.717, 1.165) is 17.8 Å². The van der Waals surface area contributed by atoms with Crippen molar-refractivity contribution in [1.82, 2.24) is 0 Å². The number of ketones is 1. The van der Waals surface area contributed by atoms with Crippen LogP contribution in [0.5, 0.6) is 0 Å². The molecule has 0 saturated heterocycles. The summed E-state index contributed by atoms with van der Waals surface area (Å²) in [5, 5.41) is 3.35. The van der Waals surface area contributed by atoms with Crippen molar-refractivity contribution in [1.29, 1.82) is 0 Å². The van der Waals surface area contributed by atoms with Crippen LogP contribution in [0.4, 0.5) is 5.69 Å². The van der Waals surface area contributed by atoms with Crippen molar-refractivity contribution in [2.75, 3.05) is 11.9 Å². The molecule has 0 fully saturated rings. The molecule has 0 aromatic heterocycles. The van der Waals surface area contributed by atoms with Crippen LogP contribution in [-0.4, -0.2) is 12.3 Å². The fourth-order valence-corrected chi connectivity index (χ4v) is 2.04. The Kier molecular flexibility index (Phi) is 2.29. The third-order valence-electron chi connectivity index (χ3n) is 2.83. The zero-order valence-electron chi connectivity index (χ0n) is 9.55. The van der Waals surface area contributed by atoms with E-state index in [2.05, 4.69) is 32.2 Å². The van der Waals surface area contributed by atoms with Gasteiger partial charge in [0.1, 0.15) is 0 Å². The van der Waals surface area contributed by atoms with Crippen molar-refractivity contribution >= 4 is 11.5 Å². The van der Waals surface area contributed by atoms with Crippen LogP contribution < -0.4 is 5.32 Å². The molecule has 15 heavy (non-hydrogen) atoms. The van der Waals surface area contributed by atoms with Gasteiger partial charge in [-0.25, -0.2) is 0 Å². The molecule has 1 aromatic rings. The molecule has 1 aromatic carbocycles. The minimum Gasteiger partial charge on any atom is -0.384 e. The summed E-state index contributed by atoms with van der Waals surface area (Å²) in [6.45, 7) is 7.27. The van der Waals surface area contributed by atoms with Crippen molar-refractivity contribution in [2.24, 2.45) is 0 Å². The predicted octanol–water partition coefficient (Wildman–Crippen LogP) is 2.98. The maximum Gasteiger partial charge on any atom is 0.166 e. The molecule has 1 heterocycles. The molecule has 0 spiro atoms. The Bertz CT molecular complexity index is 401. The monoisotopic (exact) mass is 203 g/mol. The zero-order valence-corrected chi connectivity index (χ0v) is 9.55. The number of fused-ring (bicyclic) bond motifs is 1. The van der Waals surface area contributed by atoms with Gasteiger partial charge in [-0.2, -0.15) is 0 Å². The molecule has 2 nitrogen and oxygen atoms in total. The highest BCUT2D eigenvalue weighted by molar-refractivity contribution is 6.03. The molecule has 0 atom stereocenters. The van der Waals surface area contributed by atoms with E-state index in [1.165, 1.54) is 5.56 Å². The second-order valence-corrected chi connectivity index (χ2v) is 5.08. The van der Waals surface area contributed by atoms with Gasteiger partial charge in [-0.15, -0.1) is 0 Å². The van der Waals surface area contributed by atoms with E-state index < -0.39 is 0 Å². The van der Waals surface area contributed by atoms with Gasteiger partial charge in [-0.3, -0.25) is 4.79 Å². The highest BCUT2D eigenvalue weighted by Gasteiger charge is 2.24. The lowest BCUT2D eigenvalue weighted by Crippen LogP contribution is -2.23. The van der Waals surface area contributed by atoms with Crippen molar-refractivity contribution in [3.8, 4) is 0 Å². The number of Topliss-reactive ketones (excluding diaryl/α,β-unsaturated/α-hetero) is 1. The van der Waals surface area contributed by atoms with Gasteiger partial charge in [0.15, 0.2) is 5.78 Å². The average Bonchev–Trinajstić information content (AvgIpc) is 2.16. The summed E-state index contributed by atoms with van der Waals surface area (Å²) in [6.07, 6.45) is 0.612. The van der Waals surface area contributed by atoms with Crippen LogP contribution in [-0.2, 0) is 5.41 Å². The van der Waals surface area contributed by atoms with Crippen LogP contribution in [0, 0.1) is 0 Å². The summed E-state index contributed by atoms with van der Waals surface area (Å²) in [4.78, 5) is 11.7. The van der Waals surface area contributed by atoms with Crippen LogP contribution in [0.2, 0.25) is 0 Å². The Balaban J connectivity index is 2.59. The molecule has 0 radical (unpaired) electrons. The van der Waals surface area contributed by atoms with Crippen LogP contribution in [0.3, 0.4) is 0 Å². The van der Waals surface area contributed by atoms with Crippen molar-refractivity contribution in [3.05, 3.63) is 29.3 Å². The molecule has 0 aliphatic carbocycles. The van der Waals surface area contributed by atoms with Gasteiger partial charge in [0.05, 0.1) is 0 Å². The van der Waals surface area contributed by atoms with Gasteiger partial charge in [-0.05, 0) is 17.0 Å². The molecule has 2 heteroatoms. The number of para-hydroxylation sites is 1. The number of nitrogens with one attached hydrogen (secondary N) is 1. The zero-order chi connectivity index (χ0) is 11.1. The number of carbonyl (C=O) groups is 1. The molecule has 1 N–H and O–H groups in total. The standard InChI is InChI=1S/C13H17NO/c1-13(2,3)10-6-4-5-9-11(15)7-8-14-12(9)10/h4-6,14H,7-8H2,1-3H3. The first-order chi connectivity index (χ1) is 7.00. The maximum absolute atomic E-state index is 11.7. The summed E-state index contributed by atoms with van der Waals surface area (Å²) in [5.74, 6) is 0.259. The normalized spacial score (nSPS) is 15.8. The smallest absolute Gasteiger partial charge is 0.166 e. The lowest BCUT2D eigenvalue weighted by atomic mass is 9.83. The van der Waals surface area contributed by atoms with Gasteiger partial charge in [-0.1, -0.05) is 32.9 Å². The van der Waals surface area contributed by atoms with Crippen LogP contribution in [0.15, 0.2) is 18.2 Å². The largest absolute Gasteiger partial charge is 0.384 e. The van der Waals surface area contributed by atoms with Crippen LogP contribution >= 0.6 is 0 Å². The summed E-state index contributed by atoms with van der Waals surface area (Å²) in [6, 6.07) is 5.99. The molecular weight excluding hydrogens is 186 g/mol. The van der Waals surface area contributed by atoms with Crippen molar-refractivity contribution in [3.63, 3.8) is 0 Å². The summed E-state index contributed by atoms with van der Waals surface area (Å²) in [7, 11) is 0. The first-order valence-electron chi connectivity index (χ1n) is 5.41. The van der Waals surface area contributed by atoms with Crippen LogP contribution in [0.25, 0.3) is 0 Å². The summed E-state index contributed by atoms with van der Waals surface area (Å²) < 4.78 is 0. The van der Waals surface area contributed by atoms with Gasteiger partial charge in [0, 0.05) is 24.2 Å². The number of carbonyl (C=O) groups excluding carboxylic acids is 1. The summed E-state index contributed by atoms with van der Waals surface area (Å²) >= 11 is 0. The van der Waals surface area contributed by atoms with Gasteiger partial charge < -0.3 is 5.32 Å². The van der Waals surface area contributed by atoms with E-state index in [-0.39, 0.29) is 11.2 Å². The van der Waals surface area contributed by atoms with E-state index >= 15 is 0 Å². The number of benzene rings is 1. The molecule has 1 aliphatic rings. The molecule has 0 bridgehead atoms. The number of anilines is 1. The second kappa shape index (κ2) is 3.37. The van der Waals surface area contributed by atoms with E-state index in [1.54, 1.807) is 0 Å². The first-order valence-corrected chi connectivity index (χ1v) is 5.41. The van der Waals surface area contributed by atoms with E-state index in [0.29, 0.717) is 6.42 Å². The fourth-order valence-electron chi connectivity index (χ4n) is 2.04. The third-order valence-corrected chi connectivity index (χ3v) is 2.83. The Morgan fingerprint density at radius 3 is 2.67 bits per heavy atom. The molecule has 80 valence electrons. The molecule has 1 aliphatic heterocycles. The molecule has 0 unspecified atom stereocenters. The van der Waals surface area contributed by atoms with Gasteiger partial charge in [0.25, 0.3) is 0 Å². The quantitative estimate of drug-likeness (QED) is 0.702. The second-order valence-electron chi connectivity index (χ2n) is 5.08. The highest BCUT2D eigenvalue weighted by atomic mass is 16.1. The van der Waals surface area contributed by atoms with E-state index in [1.807, 2.05) is 12.1 Å². The molecule has 0 amide bonds. The SMILES string of the molecule is CC(C)(C)c1cccc2c1NCCC2=O. The van der Waals surface area contributed by atoms with Crippen molar-refractivity contribution < 1.29 is 4.79 Å². The molecule has 0 saturated carbocycles. The van der Waals surface area contributed by atoms with Crippen molar-refractivity contribution in [2.45, 2.75) is 32.6 Å². The van der Waals surface area contributed by atoms with Gasteiger partial charge >= 0.3 is 0 Å². The third kappa shape index (κ3) is 1.76. The fraction of sp³-hybridized carbons (Fsp3) is 0.462. The van der Waals surface area contributed by atoms with Gasteiger partial charge in [0.2, 0.25) is 0 Å². The van der Waals surface area contributed by atoms with E-state index in [9.17, 15) is 4.79 Å². The van der Waals surface area contributed by atoms with Crippen LogP contribution in [0.1, 0.15) is 43.1 Å². The number of rotatable bonds is 0. The lowest BCUT2D eigenvalue weighted by molar-refractivity contribution is 0.0983. The minimum atomic E-state index is 0.0793. The molecular formula is C13H17NO. The Hall–Kier alpha value is -1.31. The van der Waals surface area contributed by atoms with E-state index in [4.69, 9.17) is 0 Å². The average molecular weight is 203 g/mol. The Morgan fingerprint density at radius 2 is 2.00 bits per heavy atom. The summed E-state index contributed by atoms with van der Waals surface area (Å²) in [5.41, 5.74) is 3.21. The number of hydrogen-bond acceptors (Lipinski definition) is 2. The Labute approximate surface area is 90.7 Å². The lowest BCUT2D eigenvalue weighted by Gasteiger charge is -2.27. The predicted molar refractivity (Wildman–Crippen MR) is 62.6 cm³/mol. The Morgan fingerprint density at radius 1 is 1.27 bits per heavy atom. The first kappa shape index (κ1) is 10.2. The topological polar surface area (TPSA) is 29.1 Å². The number of hydrogen-bond donors (Lipinski definition) is 1. The minimum absolute atomic E-state index is 0.0793. The molecule has 2 rings (SSSR count).